The topological polar surface area (TPSA) is 80.0 Å². The van der Waals surface area contributed by atoms with E-state index < -0.39 is 5.97 Å². The van der Waals surface area contributed by atoms with E-state index >= 15 is 0 Å². The minimum absolute atomic E-state index is 0.137. The van der Waals surface area contributed by atoms with Gasteiger partial charge in [-0.3, -0.25) is 9.59 Å². The largest absolute Gasteiger partial charge is 0.457 e. The number of halogens is 1. The number of benzene rings is 1. The highest BCUT2D eigenvalue weighted by Crippen LogP contribution is 2.24. The van der Waals surface area contributed by atoms with Crippen molar-refractivity contribution in [2.45, 2.75) is 25.3 Å². The molecule has 0 fully saturated rings. The maximum atomic E-state index is 12.0. The van der Waals surface area contributed by atoms with Gasteiger partial charge in [0.2, 0.25) is 0 Å². The Hall–Kier alpha value is -2.17. The molecule has 0 atom stereocenters. The molecule has 0 radical (unpaired) electrons. The van der Waals surface area contributed by atoms with Gasteiger partial charge in [0.05, 0.1) is 12.0 Å². The molecule has 0 amide bonds. The van der Waals surface area contributed by atoms with Crippen LogP contribution >= 0.6 is 27.7 Å². The molecule has 134 valence electrons. The zero-order chi connectivity index (χ0) is 19.1. The first-order valence-corrected chi connectivity index (χ1v) is 9.64. The van der Waals surface area contributed by atoms with Crippen molar-refractivity contribution in [1.29, 1.82) is 5.26 Å². The van der Waals surface area contributed by atoms with E-state index in [2.05, 4.69) is 27.0 Å². The van der Waals surface area contributed by atoms with Crippen molar-refractivity contribution in [3.8, 4) is 6.07 Å². The maximum Gasteiger partial charge on any atom is 0.307 e. The van der Waals surface area contributed by atoms with Gasteiger partial charge < -0.3 is 4.74 Å². The van der Waals surface area contributed by atoms with Crippen LogP contribution in [0.1, 0.15) is 33.6 Å². The minimum Gasteiger partial charge on any atom is -0.457 e. The molecule has 0 saturated carbocycles. The fraction of sp³-hybridized carbons (Fsp3) is 0.263. The number of nitriles is 1. The third-order valence-corrected chi connectivity index (χ3v) is 5.00. The maximum absolute atomic E-state index is 12.0. The second kappa shape index (κ2) is 9.51. The summed E-state index contributed by atoms with van der Waals surface area (Å²) >= 11 is 4.64. The first kappa shape index (κ1) is 20.1. The lowest BCUT2D eigenvalue weighted by atomic mass is 10.1. The van der Waals surface area contributed by atoms with Crippen LogP contribution in [0.2, 0.25) is 0 Å². The van der Waals surface area contributed by atoms with E-state index in [1.165, 1.54) is 11.8 Å². The fourth-order valence-corrected chi connectivity index (χ4v) is 3.50. The first-order chi connectivity index (χ1) is 12.4. The van der Waals surface area contributed by atoms with Gasteiger partial charge in [-0.1, -0.05) is 28.1 Å². The molecule has 0 N–H and O–H groups in total. The molecule has 0 aliphatic carbocycles. The third-order valence-electron chi connectivity index (χ3n) is 3.50. The Morgan fingerprint density at radius 2 is 1.96 bits per heavy atom. The molecule has 0 aliphatic heterocycles. The number of thioether (sulfide) groups is 1. The zero-order valence-corrected chi connectivity index (χ0v) is 16.8. The molecule has 0 saturated heterocycles. The fourth-order valence-electron chi connectivity index (χ4n) is 2.21. The molecule has 0 bridgehead atoms. The van der Waals surface area contributed by atoms with E-state index in [4.69, 9.17) is 4.74 Å². The van der Waals surface area contributed by atoms with Crippen LogP contribution in [0.15, 0.2) is 39.8 Å². The van der Waals surface area contributed by atoms with Crippen LogP contribution < -0.4 is 0 Å². The Morgan fingerprint density at radius 3 is 2.62 bits per heavy atom. The number of nitrogens with zero attached hydrogens (tertiary/aromatic N) is 2. The average molecular weight is 433 g/mol. The number of ketones is 1. The second-order valence-electron chi connectivity index (χ2n) is 5.56. The normalized spacial score (nSPS) is 10.2. The molecular formula is C19H17BrN2O3S. The highest BCUT2D eigenvalue weighted by molar-refractivity contribution is 9.10. The quantitative estimate of drug-likeness (QED) is 0.369. The van der Waals surface area contributed by atoms with Gasteiger partial charge in [-0.2, -0.15) is 5.26 Å². The molecule has 0 aliphatic rings. The van der Waals surface area contributed by atoms with Crippen LogP contribution in [0, 0.1) is 25.2 Å². The summed E-state index contributed by atoms with van der Waals surface area (Å²) in [7, 11) is 0. The molecular weight excluding hydrogens is 416 g/mol. The van der Waals surface area contributed by atoms with Gasteiger partial charge in [0.1, 0.15) is 11.1 Å². The molecule has 1 heterocycles. The summed E-state index contributed by atoms with van der Waals surface area (Å²) in [4.78, 5) is 28.2. The van der Waals surface area contributed by atoms with Crippen molar-refractivity contribution < 1.29 is 14.3 Å². The molecule has 7 heteroatoms. The number of pyridine rings is 1. The number of ether oxygens (including phenoxy) is 1. The number of aryl methyl sites for hydroxylation is 2. The lowest BCUT2D eigenvalue weighted by Crippen LogP contribution is -2.14. The van der Waals surface area contributed by atoms with Crippen molar-refractivity contribution in [1.82, 2.24) is 4.98 Å². The molecule has 2 rings (SSSR count). The summed E-state index contributed by atoms with van der Waals surface area (Å²) in [5.41, 5.74) is 2.71. The molecule has 0 spiro atoms. The summed E-state index contributed by atoms with van der Waals surface area (Å²) in [5.74, 6) is -0.275. The summed E-state index contributed by atoms with van der Waals surface area (Å²) in [5, 5.41) is 9.85. The van der Waals surface area contributed by atoms with Crippen molar-refractivity contribution in [3.05, 3.63) is 57.2 Å². The van der Waals surface area contributed by atoms with E-state index in [1.807, 2.05) is 19.9 Å². The van der Waals surface area contributed by atoms with Crippen LogP contribution in [0.3, 0.4) is 0 Å². The zero-order valence-electron chi connectivity index (χ0n) is 14.4. The molecule has 1 aromatic carbocycles. The SMILES string of the molecule is Cc1cc(C)c(C#N)c(SCCC(=O)OCC(=O)c2ccc(Br)cc2)n1. The number of esters is 1. The van der Waals surface area contributed by atoms with Gasteiger partial charge >= 0.3 is 5.97 Å². The lowest BCUT2D eigenvalue weighted by Gasteiger charge is -2.07. The summed E-state index contributed by atoms with van der Waals surface area (Å²) < 4.78 is 5.91. The van der Waals surface area contributed by atoms with Crippen LogP contribution in [0.4, 0.5) is 0 Å². The Balaban J connectivity index is 1.82. The molecule has 26 heavy (non-hydrogen) atoms. The molecule has 0 unspecified atom stereocenters. The van der Waals surface area contributed by atoms with Gasteiger partial charge in [-0.15, -0.1) is 11.8 Å². The first-order valence-electron chi connectivity index (χ1n) is 7.86. The highest BCUT2D eigenvalue weighted by Gasteiger charge is 2.12. The molecule has 5 nitrogen and oxygen atoms in total. The number of carbonyl (C=O) groups excluding carboxylic acids is 2. The third kappa shape index (κ3) is 5.68. The Kier molecular flexibility index (Phi) is 7.37. The smallest absolute Gasteiger partial charge is 0.307 e. The summed E-state index contributed by atoms with van der Waals surface area (Å²) in [6.07, 6.45) is 0.137. The summed E-state index contributed by atoms with van der Waals surface area (Å²) in [6, 6.07) is 10.9. The number of hydrogen-bond donors (Lipinski definition) is 0. The van der Waals surface area contributed by atoms with Gasteiger partial charge in [0.15, 0.2) is 12.4 Å². The standard InChI is InChI=1S/C19H17BrN2O3S/c1-12-9-13(2)22-19(16(12)10-21)26-8-7-18(24)25-11-17(23)14-3-5-15(20)6-4-14/h3-6,9H,7-8,11H2,1-2H3. The summed E-state index contributed by atoms with van der Waals surface area (Å²) in [6.45, 7) is 3.44. The number of Topliss-reactive ketones (excluding diaryl/α,β-unsaturated/α-hetero) is 1. The van der Waals surface area contributed by atoms with E-state index in [1.54, 1.807) is 24.3 Å². The van der Waals surface area contributed by atoms with Crippen molar-refractivity contribution in [2.75, 3.05) is 12.4 Å². The van der Waals surface area contributed by atoms with E-state index in [-0.39, 0.29) is 18.8 Å². The van der Waals surface area contributed by atoms with Crippen molar-refractivity contribution in [3.63, 3.8) is 0 Å². The van der Waals surface area contributed by atoms with Gasteiger partial charge in [-0.25, -0.2) is 4.98 Å². The molecule has 2 aromatic rings. The van der Waals surface area contributed by atoms with Crippen LogP contribution in [-0.4, -0.2) is 29.1 Å². The van der Waals surface area contributed by atoms with Crippen LogP contribution in [-0.2, 0) is 9.53 Å². The molecule has 1 aromatic heterocycles. The van der Waals surface area contributed by atoms with E-state index in [0.717, 1.165) is 15.7 Å². The number of hydrogen-bond acceptors (Lipinski definition) is 6. The monoisotopic (exact) mass is 432 g/mol. The van der Waals surface area contributed by atoms with Crippen molar-refractivity contribution >= 4 is 39.4 Å². The predicted octanol–water partition coefficient (Wildman–Crippen LogP) is 4.24. The number of rotatable bonds is 7. The number of carbonyl (C=O) groups is 2. The van der Waals surface area contributed by atoms with Gasteiger partial charge in [-0.05, 0) is 37.6 Å². The predicted molar refractivity (Wildman–Crippen MR) is 103 cm³/mol. The Morgan fingerprint density at radius 1 is 1.27 bits per heavy atom. The van der Waals surface area contributed by atoms with Crippen molar-refractivity contribution in [2.24, 2.45) is 0 Å². The Bertz CT molecular complexity index is 860. The van der Waals surface area contributed by atoms with Gasteiger partial charge in [0.25, 0.3) is 0 Å². The number of aromatic nitrogens is 1. The highest BCUT2D eigenvalue weighted by atomic mass is 79.9. The van der Waals surface area contributed by atoms with E-state index in [9.17, 15) is 14.9 Å². The minimum atomic E-state index is -0.453. The van der Waals surface area contributed by atoms with Crippen LogP contribution in [0.25, 0.3) is 0 Å². The average Bonchev–Trinajstić information content (AvgIpc) is 2.60. The lowest BCUT2D eigenvalue weighted by molar-refractivity contribution is -0.141. The van der Waals surface area contributed by atoms with E-state index in [0.29, 0.717) is 21.9 Å². The Labute approximate surface area is 164 Å². The van der Waals surface area contributed by atoms with Crippen LogP contribution in [0.5, 0.6) is 0 Å². The van der Waals surface area contributed by atoms with Gasteiger partial charge in [0, 0.05) is 21.5 Å². The second-order valence-corrected chi connectivity index (χ2v) is 7.56.